The first-order valence-electron chi connectivity index (χ1n) is 6.00. The van der Waals surface area contributed by atoms with Crippen molar-refractivity contribution in [3.63, 3.8) is 0 Å². The lowest BCUT2D eigenvalue weighted by atomic mass is 10.1. The van der Waals surface area contributed by atoms with Crippen molar-refractivity contribution in [1.29, 1.82) is 0 Å². The van der Waals surface area contributed by atoms with Gasteiger partial charge in [0, 0.05) is 20.1 Å². The van der Waals surface area contributed by atoms with Crippen LogP contribution in [0, 0.1) is 5.92 Å². The van der Waals surface area contributed by atoms with Crippen LogP contribution in [0.4, 0.5) is 0 Å². The van der Waals surface area contributed by atoms with E-state index in [9.17, 15) is 9.59 Å². The van der Waals surface area contributed by atoms with E-state index in [2.05, 4.69) is 0 Å². The number of rotatable bonds is 6. The summed E-state index contributed by atoms with van der Waals surface area (Å²) < 4.78 is 0. The van der Waals surface area contributed by atoms with Crippen LogP contribution in [0.2, 0.25) is 0 Å². The zero-order valence-corrected chi connectivity index (χ0v) is 10.4. The minimum Gasteiger partial charge on any atom is -0.369 e. The van der Waals surface area contributed by atoms with Crippen molar-refractivity contribution in [3.05, 3.63) is 0 Å². The summed E-state index contributed by atoms with van der Waals surface area (Å²) in [5.74, 6) is -0.294. The molecule has 1 rings (SSSR count). The first kappa shape index (κ1) is 13.9. The van der Waals surface area contributed by atoms with E-state index in [0.717, 1.165) is 19.4 Å². The fourth-order valence-corrected chi connectivity index (χ4v) is 1.97. The Hall–Kier alpha value is -1.14. The number of nitrogens with two attached hydrogens (primary N) is 2. The van der Waals surface area contributed by atoms with Crippen LogP contribution < -0.4 is 11.5 Å². The first-order chi connectivity index (χ1) is 8.04. The van der Waals surface area contributed by atoms with Gasteiger partial charge in [-0.15, -0.1) is 0 Å². The number of amides is 2. The second-order valence-corrected chi connectivity index (χ2v) is 4.58. The van der Waals surface area contributed by atoms with Crippen LogP contribution in [0.15, 0.2) is 0 Å². The summed E-state index contributed by atoms with van der Waals surface area (Å²) in [6.07, 6.45) is 1.57. The molecule has 1 unspecified atom stereocenters. The Morgan fingerprint density at radius 2 is 2.18 bits per heavy atom. The minimum atomic E-state index is -0.267. The second-order valence-electron chi connectivity index (χ2n) is 4.58. The molecule has 6 heteroatoms. The molecule has 0 radical (unpaired) electrons. The number of likely N-dealkylation sites (N-methyl/N-ethyl adjacent to an activating group) is 1. The van der Waals surface area contributed by atoms with E-state index in [1.807, 2.05) is 4.90 Å². The lowest BCUT2D eigenvalue weighted by Gasteiger charge is -2.21. The number of primary amides is 1. The third kappa shape index (κ3) is 4.32. The molecule has 1 aliphatic rings. The van der Waals surface area contributed by atoms with Crippen molar-refractivity contribution in [2.45, 2.75) is 12.8 Å². The summed E-state index contributed by atoms with van der Waals surface area (Å²) in [6.45, 7) is 3.01. The molecule has 0 aromatic heterocycles. The van der Waals surface area contributed by atoms with Gasteiger partial charge in [-0.2, -0.15) is 0 Å². The number of carbonyl (C=O) groups excluding carboxylic acids is 2. The van der Waals surface area contributed by atoms with Gasteiger partial charge in [0.05, 0.1) is 12.5 Å². The van der Waals surface area contributed by atoms with Gasteiger partial charge in [0.15, 0.2) is 0 Å². The molecule has 1 fully saturated rings. The smallest absolute Gasteiger partial charge is 0.236 e. The molecular weight excluding hydrogens is 220 g/mol. The maximum absolute atomic E-state index is 11.8. The molecule has 0 aliphatic carbocycles. The van der Waals surface area contributed by atoms with Crippen LogP contribution in [0.5, 0.6) is 0 Å². The average molecular weight is 242 g/mol. The highest BCUT2D eigenvalue weighted by atomic mass is 16.2. The molecule has 98 valence electrons. The number of hydrogen-bond acceptors (Lipinski definition) is 4. The molecule has 17 heavy (non-hydrogen) atoms. The van der Waals surface area contributed by atoms with E-state index in [1.165, 1.54) is 0 Å². The number of hydrogen-bond donors (Lipinski definition) is 2. The van der Waals surface area contributed by atoms with Gasteiger partial charge in [0.1, 0.15) is 0 Å². The van der Waals surface area contributed by atoms with Crippen molar-refractivity contribution < 1.29 is 9.59 Å². The van der Waals surface area contributed by atoms with Crippen LogP contribution in [0.1, 0.15) is 12.8 Å². The van der Waals surface area contributed by atoms with Crippen molar-refractivity contribution >= 4 is 11.8 Å². The highest BCUT2D eigenvalue weighted by Gasteiger charge is 2.28. The zero-order valence-electron chi connectivity index (χ0n) is 10.4. The van der Waals surface area contributed by atoms with Gasteiger partial charge >= 0.3 is 0 Å². The molecular formula is C11H22N4O2. The maximum Gasteiger partial charge on any atom is 0.236 e. The summed E-state index contributed by atoms with van der Waals surface area (Å²) >= 11 is 0. The van der Waals surface area contributed by atoms with Gasteiger partial charge in [0.2, 0.25) is 11.8 Å². The molecule has 6 nitrogen and oxygen atoms in total. The number of carbonyl (C=O) groups is 2. The van der Waals surface area contributed by atoms with Crippen LogP contribution in [0.3, 0.4) is 0 Å². The SMILES string of the molecule is CN(CCCN)C(=O)CN1CCC(C(N)=O)C1. The van der Waals surface area contributed by atoms with Gasteiger partial charge in [-0.3, -0.25) is 14.5 Å². The third-order valence-electron chi connectivity index (χ3n) is 3.16. The Labute approximate surface area is 102 Å². The highest BCUT2D eigenvalue weighted by molar-refractivity contribution is 5.79. The molecule has 1 heterocycles. The largest absolute Gasteiger partial charge is 0.369 e. The Balaban J connectivity index is 2.30. The van der Waals surface area contributed by atoms with E-state index in [1.54, 1.807) is 11.9 Å². The van der Waals surface area contributed by atoms with Crippen LogP contribution in [0.25, 0.3) is 0 Å². The van der Waals surface area contributed by atoms with Gasteiger partial charge < -0.3 is 16.4 Å². The van der Waals surface area contributed by atoms with Crippen LogP contribution >= 0.6 is 0 Å². The Kier molecular flexibility index (Phi) is 5.37. The molecule has 0 saturated carbocycles. The van der Waals surface area contributed by atoms with E-state index in [4.69, 9.17) is 11.5 Å². The van der Waals surface area contributed by atoms with E-state index >= 15 is 0 Å². The van der Waals surface area contributed by atoms with Crippen molar-refractivity contribution in [1.82, 2.24) is 9.80 Å². The second kappa shape index (κ2) is 6.56. The zero-order chi connectivity index (χ0) is 12.8. The van der Waals surface area contributed by atoms with Gasteiger partial charge in [-0.1, -0.05) is 0 Å². The summed E-state index contributed by atoms with van der Waals surface area (Å²) in [5.41, 5.74) is 10.6. The van der Waals surface area contributed by atoms with E-state index in [-0.39, 0.29) is 17.7 Å². The van der Waals surface area contributed by atoms with Crippen LogP contribution in [-0.4, -0.2) is 61.4 Å². The standard InChI is InChI=1S/C11H22N4O2/c1-14(5-2-4-12)10(16)8-15-6-3-9(7-15)11(13)17/h9H,2-8,12H2,1H3,(H2,13,17). The van der Waals surface area contributed by atoms with E-state index in [0.29, 0.717) is 26.2 Å². The van der Waals surface area contributed by atoms with E-state index < -0.39 is 0 Å². The fourth-order valence-electron chi connectivity index (χ4n) is 1.97. The molecule has 4 N–H and O–H groups in total. The molecule has 1 saturated heterocycles. The summed E-state index contributed by atoms with van der Waals surface area (Å²) in [6, 6.07) is 0. The summed E-state index contributed by atoms with van der Waals surface area (Å²) in [5, 5.41) is 0. The Morgan fingerprint density at radius 1 is 1.47 bits per heavy atom. The van der Waals surface area contributed by atoms with Crippen molar-refractivity contribution in [2.75, 3.05) is 39.8 Å². The molecule has 2 amide bonds. The quantitative estimate of drug-likeness (QED) is 0.599. The highest BCUT2D eigenvalue weighted by Crippen LogP contribution is 2.15. The van der Waals surface area contributed by atoms with Gasteiger partial charge in [-0.25, -0.2) is 0 Å². The molecule has 1 aliphatic heterocycles. The minimum absolute atomic E-state index is 0.0728. The fraction of sp³-hybridized carbons (Fsp3) is 0.818. The maximum atomic E-state index is 11.8. The Bertz CT molecular complexity index is 283. The predicted octanol–water partition coefficient (Wildman–Crippen LogP) is -1.40. The monoisotopic (exact) mass is 242 g/mol. The number of nitrogens with zero attached hydrogens (tertiary/aromatic N) is 2. The predicted molar refractivity (Wildman–Crippen MR) is 65.0 cm³/mol. The number of likely N-dealkylation sites (tertiary alicyclic amines) is 1. The first-order valence-corrected chi connectivity index (χ1v) is 6.00. The molecule has 0 bridgehead atoms. The normalized spacial score (nSPS) is 20.5. The Morgan fingerprint density at radius 3 is 2.71 bits per heavy atom. The molecule has 1 atom stereocenters. The molecule has 0 spiro atoms. The molecule has 0 aromatic rings. The average Bonchev–Trinajstić information content (AvgIpc) is 2.74. The van der Waals surface area contributed by atoms with Crippen molar-refractivity contribution in [3.8, 4) is 0 Å². The molecule has 0 aromatic carbocycles. The summed E-state index contributed by atoms with van der Waals surface area (Å²) in [7, 11) is 1.78. The van der Waals surface area contributed by atoms with Gasteiger partial charge in [0.25, 0.3) is 0 Å². The van der Waals surface area contributed by atoms with Gasteiger partial charge in [-0.05, 0) is 25.9 Å². The topological polar surface area (TPSA) is 92.7 Å². The van der Waals surface area contributed by atoms with Crippen LogP contribution in [-0.2, 0) is 9.59 Å². The summed E-state index contributed by atoms with van der Waals surface area (Å²) in [4.78, 5) is 26.5. The lowest BCUT2D eigenvalue weighted by molar-refractivity contribution is -0.131. The third-order valence-corrected chi connectivity index (χ3v) is 3.16. The lowest BCUT2D eigenvalue weighted by Crippen LogP contribution is -2.38. The van der Waals surface area contributed by atoms with Crippen molar-refractivity contribution in [2.24, 2.45) is 17.4 Å².